The molecule has 1 amide bonds. The summed E-state index contributed by atoms with van der Waals surface area (Å²) >= 11 is 1.71. The summed E-state index contributed by atoms with van der Waals surface area (Å²) in [6.07, 6.45) is 4.29. The molecule has 34 heavy (non-hydrogen) atoms. The number of benzene rings is 1. The van der Waals surface area contributed by atoms with Crippen molar-refractivity contribution in [1.82, 2.24) is 15.6 Å². The molecule has 6 nitrogen and oxygen atoms in total. The molecule has 3 N–H and O–H groups in total. The van der Waals surface area contributed by atoms with Crippen LogP contribution in [0.15, 0.2) is 23.6 Å². The molecule has 2 aromatic rings. The maximum absolute atomic E-state index is 12.5. The van der Waals surface area contributed by atoms with Crippen molar-refractivity contribution < 1.29 is 9.90 Å². The molecule has 1 aliphatic carbocycles. The molecule has 2 saturated heterocycles. The molecule has 2 aliphatic heterocycles. The number of piperidine rings is 1. The second-order valence-electron chi connectivity index (χ2n) is 11.6. The van der Waals surface area contributed by atoms with Crippen LogP contribution in [0.3, 0.4) is 0 Å². The van der Waals surface area contributed by atoms with E-state index in [2.05, 4.69) is 66.8 Å². The van der Waals surface area contributed by atoms with Crippen molar-refractivity contribution >= 4 is 22.4 Å². The predicted octanol–water partition coefficient (Wildman–Crippen LogP) is 3.97. The predicted molar refractivity (Wildman–Crippen MR) is 139 cm³/mol. The van der Waals surface area contributed by atoms with Gasteiger partial charge in [-0.1, -0.05) is 39.8 Å². The summed E-state index contributed by atoms with van der Waals surface area (Å²) in [5.74, 6) is -0.0708. The van der Waals surface area contributed by atoms with Gasteiger partial charge in [0.1, 0.15) is 6.04 Å². The average molecular weight is 483 g/mol. The molecule has 5 rings (SSSR count). The van der Waals surface area contributed by atoms with E-state index in [9.17, 15) is 9.90 Å². The van der Waals surface area contributed by atoms with Gasteiger partial charge in [-0.2, -0.15) is 0 Å². The summed E-state index contributed by atoms with van der Waals surface area (Å²) < 4.78 is 0. The lowest BCUT2D eigenvalue weighted by Crippen LogP contribution is -2.52. The van der Waals surface area contributed by atoms with Crippen molar-refractivity contribution in [2.45, 2.75) is 88.8 Å². The van der Waals surface area contributed by atoms with Crippen LogP contribution in [0.1, 0.15) is 70.9 Å². The molecule has 2 fully saturated rings. The molecule has 3 heterocycles. The highest BCUT2D eigenvalue weighted by Crippen LogP contribution is 2.47. The quantitative estimate of drug-likeness (QED) is 0.615. The van der Waals surface area contributed by atoms with Crippen LogP contribution in [-0.4, -0.2) is 53.8 Å². The second-order valence-corrected chi connectivity index (χ2v) is 12.4. The van der Waals surface area contributed by atoms with Gasteiger partial charge in [0.15, 0.2) is 5.13 Å². The summed E-state index contributed by atoms with van der Waals surface area (Å²) in [6.45, 7) is 11.9. The molecule has 2 atom stereocenters. The van der Waals surface area contributed by atoms with E-state index >= 15 is 0 Å². The molecule has 0 radical (unpaired) electrons. The van der Waals surface area contributed by atoms with Crippen LogP contribution in [-0.2, 0) is 15.6 Å². The Morgan fingerprint density at radius 1 is 1.12 bits per heavy atom. The van der Waals surface area contributed by atoms with Gasteiger partial charge in [0.2, 0.25) is 5.91 Å². The molecule has 184 valence electrons. The van der Waals surface area contributed by atoms with Crippen molar-refractivity contribution in [2.24, 2.45) is 0 Å². The molecule has 1 aromatic carbocycles. The number of amides is 1. The maximum Gasteiger partial charge on any atom is 0.240 e. The number of nitrogens with one attached hydrogen (secondary N) is 2. The SMILES string of the molecule is CC1(C)CCC(C)(C)c2cc(-c3csc(N4CCC(NC(=O)[C@H]5NCC[C@@H]5O)CC4)n3)ccc21. The molecule has 0 bridgehead atoms. The minimum atomic E-state index is -0.575. The number of anilines is 1. The number of aliphatic hydroxyl groups is 1. The Kier molecular flexibility index (Phi) is 6.23. The van der Waals surface area contributed by atoms with Gasteiger partial charge in [0.25, 0.3) is 0 Å². The third-order valence-electron chi connectivity index (χ3n) is 8.22. The van der Waals surface area contributed by atoms with Crippen molar-refractivity contribution in [3.63, 3.8) is 0 Å². The number of thiazole rings is 1. The number of nitrogens with zero attached hydrogens (tertiary/aromatic N) is 2. The smallest absolute Gasteiger partial charge is 0.240 e. The van der Waals surface area contributed by atoms with Crippen LogP contribution < -0.4 is 15.5 Å². The second kappa shape index (κ2) is 8.92. The molecule has 0 unspecified atom stereocenters. The van der Waals surface area contributed by atoms with Crippen molar-refractivity contribution in [2.75, 3.05) is 24.5 Å². The van der Waals surface area contributed by atoms with Gasteiger partial charge in [-0.3, -0.25) is 4.79 Å². The molecule has 3 aliphatic rings. The van der Waals surface area contributed by atoms with Crippen molar-refractivity contribution in [3.8, 4) is 11.3 Å². The summed E-state index contributed by atoms with van der Waals surface area (Å²) in [4.78, 5) is 19.8. The number of aromatic nitrogens is 1. The Hall–Kier alpha value is -1.96. The third kappa shape index (κ3) is 4.50. The van der Waals surface area contributed by atoms with Gasteiger partial charge in [-0.05, 0) is 66.7 Å². The summed E-state index contributed by atoms with van der Waals surface area (Å²) in [7, 11) is 0. The van der Waals surface area contributed by atoms with E-state index < -0.39 is 12.1 Å². The van der Waals surface area contributed by atoms with Crippen molar-refractivity contribution in [1.29, 1.82) is 0 Å². The fourth-order valence-corrected chi connectivity index (χ4v) is 6.64. The van der Waals surface area contributed by atoms with Gasteiger partial charge < -0.3 is 20.6 Å². The largest absolute Gasteiger partial charge is 0.391 e. The minimum absolute atomic E-state index is 0.0708. The van der Waals surface area contributed by atoms with Gasteiger partial charge in [-0.15, -0.1) is 11.3 Å². The lowest BCUT2D eigenvalue weighted by Gasteiger charge is -2.42. The molecule has 0 spiro atoms. The first-order chi connectivity index (χ1) is 16.1. The Morgan fingerprint density at radius 2 is 1.82 bits per heavy atom. The first-order valence-electron chi connectivity index (χ1n) is 12.7. The fourth-order valence-electron chi connectivity index (χ4n) is 5.75. The Labute approximate surface area is 207 Å². The Balaban J connectivity index is 1.24. The zero-order valence-corrected chi connectivity index (χ0v) is 21.7. The normalized spacial score (nSPS) is 26.3. The maximum atomic E-state index is 12.5. The Bertz CT molecular complexity index is 1050. The standard InChI is InChI=1S/C27H38N4O2S/c1-26(2)10-11-27(3,4)20-15-17(5-6-19(20)26)21-16-34-25(30-21)31-13-8-18(9-14-31)29-24(33)23-22(32)7-12-28-23/h5-6,15-16,18,22-23,28,32H,7-14H2,1-4H3,(H,29,33)/t22-,23-/m0/s1. The van der Waals surface area contributed by atoms with Crippen LogP contribution in [0.2, 0.25) is 0 Å². The van der Waals surface area contributed by atoms with Crippen LogP contribution in [0.4, 0.5) is 5.13 Å². The topological polar surface area (TPSA) is 77.5 Å². The molecule has 1 aromatic heterocycles. The highest BCUT2D eigenvalue weighted by molar-refractivity contribution is 7.14. The highest BCUT2D eigenvalue weighted by atomic mass is 32.1. The summed E-state index contributed by atoms with van der Waals surface area (Å²) in [6, 6.07) is 6.64. The first kappa shape index (κ1) is 23.8. The van der Waals surface area contributed by atoms with Gasteiger partial charge in [-0.25, -0.2) is 4.98 Å². The lowest BCUT2D eigenvalue weighted by molar-refractivity contribution is -0.125. The van der Waals surface area contributed by atoms with Gasteiger partial charge >= 0.3 is 0 Å². The number of carbonyl (C=O) groups is 1. The molecular weight excluding hydrogens is 444 g/mol. The fraction of sp³-hybridized carbons (Fsp3) is 0.630. The van der Waals surface area contributed by atoms with Gasteiger partial charge in [0, 0.05) is 30.1 Å². The van der Waals surface area contributed by atoms with Crippen LogP contribution in [0, 0.1) is 0 Å². The zero-order chi connectivity index (χ0) is 24.1. The number of rotatable bonds is 4. The summed E-state index contributed by atoms with van der Waals surface area (Å²) in [5.41, 5.74) is 5.62. The number of hydrogen-bond donors (Lipinski definition) is 3. The Morgan fingerprint density at radius 3 is 2.50 bits per heavy atom. The number of hydrogen-bond acceptors (Lipinski definition) is 6. The van der Waals surface area contributed by atoms with E-state index in [0.29, 0.717) is 13.0 Å². The van der Waals surface area contributed by atoms with E-state index in [1.165, 1.54) is 29.5 Å². The lowest BCUT2D eigenvalue weighted by atomic mass is 9.63. The third-order valence-corrected chi connectivity index (χ3v) is 9.13. The summed E-state index contributed by atoms with van der Waals surface area (Å²) in [5, 5.41) is 19.4. The van der Waals surface area contributed by atoms with E-state index in [1.54, 1.807) is 11.3 Å². The van der Waals surface area contributed by atoms with E-state index in [-0.39, 0.29) is 22.8 Å². The van der Waals surface area contributed by atoms with Crippen LogP contribution in [0.5, 0.6) is 0 Å². The molecule has 0 saturated carbocycles. The number of aliphatic hydroxyl groups excluding tert-OH is 1. The molecular formula is C27H38N4O2S. The van der Waals surface area contributed by atoms with Crippen molar-refractivity contribution in [3.05, 3.63) is 34.7 Å². The average Bonchev–Trinajstić information content (AvgIpc) is 3.47. The monoisotopic (exact) mass is 482 g/mol. The zero-order valence-electron chi connectivity index (χ0n) is 20.9. The first-order valence-corrected chi connectivity index (χ1v) is 13.6. The highest BCUT2D eigenvalue weighted by Gasteiger charge is 2.37. The number of fused-ring (bicyclic) bond motifs is 1. The number of carbonyl (C=O) groups excluding carboxylic acids is 1. The van der Waals surface area contributed by atoms with Crippen LogP contribution >= 0.6 is 11.3 Å². The minimum Gasteiger partial charge on any atom is -0.391 e. The van der Waals surface area contributed by atoms with E-state index in [1.807, 2.05) is 0 Å². The van der Waals surface area contributed by atoms with E-state index in [0.717, 1.165) is 36.8 Å². The molecule has 7 heteroatoms. The van der Waals surface area contributed by atoms with Crippen LogP contribution in [0.25, 0.3) is 11.3 Å². The van der Waals surface area contributed by atoms with Gasteiger partial charge in [0.05, 0.1) is 11.8 Å². The van der Waals surface area contributed by atoms with E-state index in [4.69, 9.17) is 4.98 Å².